The molecular formula is C15H30O5S2. The number of sulfone groups is 2. The van der Waals surface area contributed by atoms with E-state index >= 15 is 0 Å². The van der Waals surface area contributed by atoms with E-state index in [0.29, 0.717) is 6.42 Å². The molecule has 1 saturated carbocycles. The zero-order valence-corrected chi connectivity index (χ0v) is 15.7. The van der Waals surface area contributed by atoms with Crippen LogP contribution < -0.4 is 0 Å². The van der Waals surface area contributed by atoms with Crippen LogP contribution in [0.25, 0.3) is 0 Å². The molecule has 1 aliphatic rings. The lowest BCUT2D eigenvalue weighted by Crippen LogP contribution is -2.31. The maximum absolute atomic E-state index is 12.4. The van der Waals surface area contributed by atoms with Gasteiger partial charge in [0.05, 0.1) is 27.6 Å². The molecule has 0 aromatic carbocycles. The average molecular weight is 355 g/mol. The third-order valence-electron chi connectivity index (χ3n) is 4.57. The van der Waals surface area contributed by atoms with E-state index in [4.69, 9.17) is 4.74 Å². The zero-order valence-electron chi connectivity index (χ0n) is 14.1. The van der Waals surface area contributed by atoms with E-state index in [9.17, 15) is 16.8 Å². The van der Waals surface area contributed by atoms with Crippen molar-refractivity contribution in [3.8, 4) is 0 Å². The summed E-state index contributed by atoms with van der Waals surface area (Å²) in [6, 6.07) is 0. The van der Waals surface area contributed by atoms with Crippen LogP contribution in [0.2, 0.25) is 0 Å². The van der Waals surface area contributed by atoms with Crippen molar-refractivity contribution in [2.24, 2.45) is 0 Å². The highest BCUT2D eigenvalue weighted by Gasteiger charge is 2.33. The SMILES string of the molecule is CC(C)S(=O)(=O)C(C)COCCC(C)S(=O)(=O)C1CCCC1. The molecule has 0 radical (unpaired) electrons. The third kappa shape index (κ3) is 4.93. The Kier molecular flexibility index (Phi) is 7.33. The van der Waals surface area contributed by atoms with Crippen LogP contribution in [0.5, 0.6) is 0 Å². The smallest absolute Gasteiger partial charge is 0.157 e. The average Bonchev–Trinajstić information content (AvgIpc) is 2.97. The minimum Gasteiger partial charge on any atom is -0.380 e. The lowest BCUT2D eigenvalue weighted by atomic mass is 10.3. The predicted molar refractivity (Wildman–Crippen MR) is 89.6 cm³/mol. The maximum atomic E-state index is 12.4. The van der Waals surface area contributed by atoms with E-state index < -0.39 is 35.4 Å². The van der Waals surface area contributed by atoms with Crippen LogP contribution in [0.3, 0.4) is 0 Å². The fraction of sp³-hybridized carbons (Fsp3) is 1.00. The summed E-state index contributed by atoms with van der Waals surface area (Å²) in [6.45, 7) is 7.07. The van der Waals surface area contributed by atoms with Crippen molar-refractivity contribution in [2.75, 3.05) is 13.2 Å². The van der Waals surface area contributed by atoms with Crippen molar-refractivity contribution in [2.45, 2.75) is 80.8 Å². The van der Waals surface area contributed by atoms with Crippen LogP contribution in [0.15, 0.2) is 0 Å². The van der Waals surface area contributed by atoms with Crippen molar-refractivity contribution >= 4 is 19.7 Å². The molecule has 0 aromatic rings. The molecule has 0 N–H and O–H groups in total. The van der Waals surface area contributed by atoms with Gasteiger partial charge in [0.2, 0.25) is 0 Å². The zero-order chi connectivity index (χ0) is 17.0. The highest BCUT2D eigenvalue weighted by atomic mass is 32.2. The van der Waals surface area contributed by atoms with Gasteiger partial charge in [-0.2, -0.15) is 0 Å². The minimum absolute atomic E-state index is 0.122. The molecule has 2 atom stereocenters. The fourth-order valence-electron chi connectivity index (χ4n) is 2.77. The molecule has 2 unspecified atom stereocenters. The van der Waals surface area contributed by atoms with Crippen LogP contribution in [0.1, 0.15) is 59.8 Å². The second-order valence-electron chi connectivity index (χ2n) is 6.62. The lowest BCUT2D eigenvalue weighted by molar-refractivity contribution is 0.133. The van der Waals surface area contributed by atoms with Crippen molar-refractivity contribution < 1.29 is 21.6 Å². The molecular weight excluding hydrogens is 324 g/mol. The molecule has 132 valence electrons. The quantitative estimate of drug-likeness (QED) is 0.594. The Bertz CT molecular complexity index is 530. The molecule has 0 spiro atoms. The van der Waals surface area contributed by atoms with Gasteiger partial charge >= 0.3 is 0 Å². The van der Waals surface area contributed by atoms with E-state index in [1.54, 1.807) is 27.7 Å². The normalized spacial score (nSPS) is 20.4. The van der Waals surface area contributed by atoms with Gasteiger partial charge in [-0.05, 0) is 47.0 Å². The number of ether oxygens (including phenoxy) is 1. The van der Waals surface area contributed by atoms with Gasteiger partial charge < -0.3 is 4.74 Å². The Morgan fingerprint density at radius 2 is 1.50 bits per heavy atom. The van der Waals surface area contributed by atoms with Crippen LogP contribution in [-0.4, -0.2) is 51.0 Å². The lowest BCUT2D eigenvalue weighted by Gasteiger charge is -2.19. The Morgan fingerprint density at radius 3 is 2.00 bits per heavy atom. The van der Waals surface area contributed by atoms with Gasteiger partial charge in [0.25, 0.3) is 0 Å². The Morgan fingerprint density at radius 1 is 0.955 bits per heavy atom. The fourth-order valence-corrected chi connectivity index (χ4v) is 6.06. The molecule has 0 heterocycles. The van der Waals surface area contributed by atoms with Crippen LogP contribution in [0, 0.1) is 0 Å². The van der Waals surface area contributed by atoms with Crippen molar-refractivity contribution in [1.29, 1.82) is 0 Å². The molecule has 22 heavy (non-hydrogen) atoms. The molecule has 7 heteroatoms. The highest BCUT2D eigenvalue weighted by molar-refractivity contribution is 7.92. The van der Waals surface area contributed by atoms with Crippen LogP contribution in [0.4, 0.5) is 0 Å². The standard InChI is InChI=1S/C15H30O5S2/c1-12(2)21(16,17)14(4)11-20-10-9-13(3)22(18,19)15-7-5-6-8-15/h12-15H,5-11H2,1-4H3. The summed E-state index contributed by atoms with van der Waals surface area (Å²) >= 11 is 0. The summed E-state index contributed by atoms with van der Waals surface area (Å²) in [5, 5.41) is -1.60. The monoisotopic (exact) mass is 354 g/mol. The van der Waals surface area contributed by atoms with E-state index in [2.05, 4.69) is 0 Å². The van der Waals surface area contributed by atoms with Crippen LogP contribution >= 0.6 is 0 Å². The minimum atomic E-state index is -3.16. The third-order valence-corrected chi connectivity index (χ3v) is 9.90. The second-order valence-corrected chi connectivity index (χ2v) is 12.2. The molecule has 0 aromatic heterocycles. The summed E-state index contributed by atoms with van der Waals surface area (Å²) < 4.78 is 54.0. The second kappa shape index (κ2) is 8.11. The molecule has 0 amide bonds. The molecule has 1 rings (SSSR count). The number of rotatable bonds is 9. The van der Waals surface area contributed by atoms with Gasteiger partial charge in [-0.3, -0.25) is 0 Å². The first kappa shape index (κ1) is 19.9. The van der Waals surface area contributed by atoms with E-state index in [1.165, 1.54) is 0 Å². The van der Waals surface area contributed by atoms with Crippen molar-refractivity contribution in [3.63, 3.8) is 0 Å². The molecule has 1 fully saturated rings. The highest BCUT2D eigenvalue weighted by Crippen LogP contribution is 2.28. The van der Waals surface area contributed by atoms with Gasteiger partial charge in [-0.15, -0.1) is 0 Å². The van der Waals surface area contributed by atoms with Gasteiger partial charge in [0.1, 0.15) is 0 Å². The summed E-state index contributed by atoms with van der Waals surface area (Å²) in [5.41, 5.74) is 0. The molecule has 0 bridgehead atoms. The Labute approximate surface area is 135 Å². The number of hydrogen-bond acceptors (Lipinski definition) is 5. The Hall–Kier alpha value is -0.140. The molecule has 1 aliphatic carbocycles. The van der Waals surface area contributed by atoms with Crippen LogP contribution in [-0.2, 0) is 24.4 Å². The largest absolute Gasteiger partial charge is 0.380 e. The first-order valence-electron chi connectivity index (χ1n) is 8.13. The maximum Gasteiger partial charge on any atom is 0.157 e. The summed E-state index contributed by atoms with van der Waals surface area (Å²) in [7, 11) is -6.24. The van der Waals surface area contributed by atoms with E-state index in [-0.39, 0.29) is 18.5 Å². The van der Waals surface area contributed by atoms with Crippen molar-refractivity contribution in [3.05, 3.63) is 0 Å². The first-order chi connectivity index (χ1) is 10.1. The first-order valence-corrected chi connectivity index (χ1v) is 11.3. The number of hydrogen-bond donors (Lipinski definition) is 0. The summed E-state index contributed by atoms with van der Waals surface area (Å²) in [6.07, 6.45) is 3.97. The molecule has 5 nitrogen and oxygen atoms in total. The van der Waals surface area contributed by atoms with Gasteiger partial charge in [-0.1, -0.05) is 12.8 Å². The van der Waals surface area contributed by atoms with Gasteiger partial charge in [0.15, 0.2) is 19.7 Å². The Balaban J connectivity index is 2.38. The van der Waals surface area contributed by atoms with Gasteiger partial charge in [-0.25, -0.2) is 16.8 Å². The molecule has 0 saturated heterocycles. The van der Waals surface area contributed by atoms with E-state index in [1.807, 2.05) is 0 Å². The van der Waals surface area contributed by atoms with Crippen molar-refractivity contribution in [1.82, 2.24) is 0 Å². The summed E-state index contributed by atoms with van der Waals surface area (Å²) in [4.78, 5) is 0. The van der Waals surface area contributed by atoms with Gasteiger partial charge in [0, 0.05) is 6.61 Å². The summed E-state index contributed by atoms with van der Waals surface area (Å²) in [5.74, 6) is 0. The van der Waals surface area contributed by atoms with E-state index in [0.717, 1.165) is 25.7 Å². The predicted octanol–water partition coefficient (Wildman–Crippen LogP) is 2.35. The molecule has 0 aliphatic heterocycles. The topological polar surface area (TPSA) is 77.5 Å².